The first-order valence-electron chi connectivity index (χ1n) is 6.47. The summed E-state index contributed by atoms with van der Waals surface area (Å²) in [6.45, 7) is 1.87. The van der Waals surface area contributed by atoms with Gasteiger partial charge in [-0.1, -0.05) is 18.2 Å². The van der Waals surface area contributed by atoms with E-state index >= 15 is 0 Å². The summed E-state index contributed by atoms with van der Waals surface area (Å²) in [7, 11) is 1.97. The van der Waals surface area contributed by atoms with Crippen LogP contribution in [0.3, 0.4) is 0 Å². The van der Waals surface area contributed by atoms with Gasteiger partial charge in [0.1, 0.15) is 0 Å². The number of hydrogen-bond acceptors (Lipinski definition) is 3. The quantitative estimate of drug-likeness (QED) is 0.773. The average Bonchev–Trinajstić information content (AvgIpc) is 3.05. The van der Waals surface area contributed by atoms with Gasteiger partial charge in [0.25, 0.3) is 0 Å². The molecule has 4 heteroatoms. The lowest BCUT2D eigenvalue weighted by Gasteiger charge is -2.00. The third kappa shape index (κ3) is 2.69. The van der Waals surface area contributed by atoms with E-state index in [0.29, 0.717) is 0 Å². The van der Waals surface area contributed by atoms with Gasteiger partial charge in [0.05, 0.1) is 12.0 Å². The molecule has 0 saturated heterocycles. The zero-order chi connectivity index (χ0) is 13.1. The Morgan fingerprint density at radius 1 is 1.32 bits per heavy atom. The van der Waals surface area contributed by atoms with Gasteiger partial charge in [-0.25, -0.2) is 4.98 Å². The summed E-state index contributed by atoms with van der Waals surface area (Å²) in [5.74, 6) is 0. The Morgan fingerprint density at radius 3 is 3.11 bits per heavy atom. The van der Waals surface area contributed by atoms with E-state index in [9.17, 15) is 0 Å². The van der Waals surface area contributed by atoms with Crippen molar-refractivity contribution < 1.29 is 0 Å². The van der Waals surface area contributed by atoms with Gasteiger partial charge >= 0.3 is 0 Å². The predicted octanol–water partition coefficient (Wildman–Crippen LogP) is 2.91. The molecule has 0 aliphatic heterocycles. The van der Waals surface area contributed by atoms with E-state index in [1.807, 2.05) is 24.7 Å². The van der Waals surface area contributed by atoms with E-state index < -0.39 is 0 Å². The summed E-state index contributed by atoms with van der Waals surface area (Å²) in [5.41, 5.74) is 2.52. The molecule has 0 bridgehead atoms. The van der Waals surface area contributed by atoms with Crippen molar-refractivity contribution in [1.29, 1.82) is 0 Å². The van der Waals surface area contributed by atoms with Crippen molar-refractivity contribution in [2.24, 2.45) is 0 Å². The second kappa shape index (κ2) is 5.55. The van der Waals surface area contributed by atoms with Gasteiger partial charge in [0.2, 0.25) is 0 Å². The van der Waals surface area contributed by atoms with Gasteiger partial charge in [0, 0.05) is 30.4 Å². The van der Waals surface area contributed by atoms with Crippen LogP contribution in [0.25, 0.3) is 10.1 Å². The standard InChI is InChI=1S/C15H17N3S/c1-16-7-6-13-9-18(11-17-13)8-12-10-19-15-5-3-2-4-14(12)15/h2-5,9-11,16H,6-8H2,1H3. The highest BCUT2D eigenvalue weighted by molar-refractivity contribution is 7.17. The number of hydrogen-bond donors (Lipinski definition) is 1. The monoisotopic (exact) mass is 271 g/mol. The SMILES string of the molecule is CNCCc1cn(Cc2csc3ccccc23)cn1. The van der Waals surface area contributed by atoms with Gasteiger partial charge < -0.3 is 9.88 Å². The molecule has 0 amide bonds. The molecule has 3 nitrogen and oxygen atoms in total. The summed E-state index contributed by atoms with van der Waals surface area (Å²) in [6, 6.07) is 8.57. The summed E-state index contributed by atoms with van der Waals surface area (Å²) in [4.78, 5) is 4.44. The molecule has 3 rings (SSSR count). The summed E-state index contributed by atoms with van der Waals surface area (Å²) in [6.07, 6.45) is 5.05. The molecule has 1 aromatic carbocycles. The predicted molar refractivity (Wildman–Crippen MR) is 80.8 cm³/mol. The fraction of sp³-hybridized carbons (Fsp3) is 0.267. The number of likely N-dealkylation sites (N-methyl/N-ethyl adjacent to an activating group) is 1. The van der Waals surface area contributed by atoms with Crippen molar-refractivity contribution in [2.45, 2.75) is 13.0 Å². The van der Waals surface area contributed by atoms with Crippen LogP contribution in [0.2, 0.25) is 0 Å². The zero-order valence-electron chi connectivity index (χ0n) is 11.0. The first kappa shape index (κ1) is 12.4. The number of rotatable bonds is 5. The van der Waals surface area contributed by atoms with Gasteiger partial charge in [-0.15, -0.1) is 11.3 Å². The summed E-state index contributed by atoms with van der Waals surface area (Å²) in [5, 5.41) is 6.75. The van der Waals surface area contributed by atoms with E-state index in [4.69, 9.17) is 0 Å². The van der Waals surface area contributed by atoms with E-state index in [1.165, 1.54) is 15.6 Å². The number of aromatic nitrogens is 2. The Hall–Kier alpha value is -1.65. The first-order chi connectivity index (χ1) is 9.36. The topological polar surface area (TPSA) is 29.9 Å². The molecular formula is C15H17N3S. The maximum Gasteiger partial charge on any atom is 0.0952 e. The van der Waals surface area contributed by atoms with Crippen LogP contribution < -0.4 is 5.32 Å². The molecule has 0 fully saturated rings. The smallest absolute Gasteiger partial charge is 0.0952 e. The molecule has 3 aromatic rings. The fourth-order valence-electron chi connectivity index (χ4n) is 2.23. The van der Waals surface area contributed by atoms with Crippen LogP contribution in [0.1, 0.15) is 11.3 Å². The maximum absolute atomic E-state index is 4.44. The molecule has 98 valence electrons. The lowest BCUT2D eigenvalue weighted by atomic mass is 10.2. The number of thiophene rings is 1. The van der Waals surface area contributed by atoms with Gasteiger partial charge in [-0.2, -0.15) is 0 Å². The van der Waals surface area contributed by atoms with Gasteiger partial charge in [-0.05, 0) is 29.4 Å². The molecule has 0 unspecified atom stereocenters. The van der Waals surface area contributed by atoms with Gasteiger partial charge in [0.15, 0.2) is 0 Å². The number of imidazole rings is 1. The van der Waals surface area contributed by atoms with Crippen molar-refractivity contribution in [3.63, 3.8) is 0 Å². The van der Waals surface area contributed by atoms with Crippen molar-refractivity contribution in [2.75, 3.05) is 13.6 Å². The number of nitrogens with one attached hydrogen (secondary N) is 1. The highest BCUT2D eigenvalue weighted by atomic mass is 32.1. The molecule has 0 aliphatic rings. The molecule has 0 radical (unpaired) electrons. The molecule has 1 N–H and O–H groups in total. The molecular weight excluding hydrogens is 254 g/mol. The Balaban J connectivity index is 1.79. The van der Waals surface area contributed by atoms with Gasteiger partial charge in [-0.3, -0.25) is 0 Å². The van der Waals surface area contributed by atoms with Crippen LogP contribution in [-0.4, -0.2) is 23.1 Å². The first-order valence-corrected chi connectivity index (χ1v) is 7.35. The van der Waals surface area contributed by atoms with Crippen molar-refractivity contribution in [3.05, 3.63) is 53.4 Å². The van der Waals surface area contributed by atoms with E-state index in [0.717, 1.165) is 25.2 Å². The van der Waals surface area contributed by atoms with Crippen molar-refractivity contribution in [1.82, 2.24) is 14.9 Å². The van der Waals surface area contributed by atoms with E-state index in [1.54, 1.807) is 0 Å². The number of benzene rings is 1. The molecule has 0 aliphatic carbocycles. The highest BCUT2D eigenvalue weighted by Gasteiger charge is 2.05. The largest absolute Gasteiger partial charge is 0.333 e. The van der Waals surface area contributed by atoms with Crippen LogP contribution in [-0.2, 0) is 13.0 Å². The fourth-order valence-corrected chi connectivity index (χ4v) is 3.18. The van der Waals surface area contributed by atoms with Crippen molar-refractivity contribution >= 4 is 21.4 Å². The maximum atomic E-state index is 4.44. The molecule has 2 aromatic heterocycles. The Kier molecular flexibility index (Phi) is 3.62. The van der Waals surface area contributed by atoms with Crippen molar-refractivity contribution in [3.8, 4) is 0 Å². The van der Waals surface area contributed by atoms with Crippen LogP contribution in [0, 0.1) is 0 Å². The molecule has 2 heterocycles. The molecule has 19 heavy (non-hydrogen) atoms. The van der Waals surface area contributed by atoms with E-state index in [2.05, 4.69) is 50.7 Å². The van der Waals surface area contributed by atoms with Crippen LogP contribution in [0.4, 0.5) is 0 Å². The minimum atomic E-state index is 0.899. The zero-order valence-corrected chi connectivity index (χ0v) is 11.8. The lowest BCUT2D eigenvalue weighted by Crippen LogP contribution is -2.10. The third-order valence-electron chi connectivity index (χ3n) is 3.23. The number of fused-ring (bicyclic) bond motifs is 1. The molecule has 0 saturated carbocycles. The number of nitrogens with zero attached hydrogens (tertiary/aromatic N) is 2. The summed E-state index contributed by atoms with van der Waals surface area (Å²) < 4.78 is 3.52. The van der Waals surface area contributed by atoms with Crippen LogP contribution in [0.5, 0.6) is 0 Å². The minimum Gasteiger partial charge on any atom is -0.333 e. The third-order valence-corrected chi connectivity index (χ3v) is 4.24. The second-order valence-corrected chi connectivity index (χ2v) is 5.56. The minimum absolute atomic E-state index is 0.899. The van der Waals surface area contributed by atoms with Crippen LogP contribution >= 0.6 is 11.3 Å². The Labute approximate surface area is 116 Å². The Morgan fingerprint density at radius 2 is 2.21 bits per heavy atom. The normalized spacial score (nSPS) is 11.2. The highest BCUT2D eigenvalue weighted by Crippen LogP contribution is 2.26. The summed E-state index contributed by atoms with van der Waals surface area (Å²) >= 11 is 1.81. The average molecular weight is 271 g/mol. The second-order valence-electron chi connectivity index (χ2n) is 4.65. The molecule has 0 atom stereocenters. The van der Waals surface area contributed by atoms with E-state index in [-0.39, 0.29) is 0 Å². The molecule has 0 spiro atoms. The van der Waals surface area contributed by atoms with Crippen LogP contribution in [0.15, 0.2) is 42.2 Å². The lowest BCUT2D eigenvalue weighted by molar-refractivity contribution is 0.775. The Bertz CT molecular complexity index is 669.